The molecule has 2 amide bonds. The molecule has 1 fully saturated rings. The van der Waals surface area contributed by atoms with E-state index in [1.807, 2.05) is 42.5 Å². The smallest absolute Gasteiger partial charge is 0.266 e. The third-order valence-electron chi connectivity index (χ3n) is 4.67. The fourth-order valence-corrected chi connectivity index (χ4v) is 5.54. The molecule has 0 aliphatic carbocycles. The predicted octanol–water partition coefficient (Wildman–Crippen LogP) is 5.58. The summed E-state index contributed by atoms with van der Waals surface area (Å²) in [6.07, 6.45) is 2.56. The van der Waals surface area contributed by atoms with Crippen molar-refractivity contribution in [1.29, 1.82) is 0 Å². The van der Waals surface area contributed by atoms with Crippen LogP contribution < -0.4 is 10.1 Å². The Morgan fingerprint density at radius 1 is 1.28 bits per heavy atom. The van der Waals surface area contributed by atoms with E-state index in [1.54, 1.807) is 18.1 Å². The molecule has 4 rings (SSSR count). The van der Waals surface area contributed by atoms with Gasteiger partial charge < -0.3 is 10.1 Å². The Labute approximate surface area is 203 Å². The maximum absolute atomic E-state index is 12.7. The van der Waals surface area contributed by atoms with Crippen molar-refractivity contribution in [3.05, 3.63) is 58.0 Å². The summed E-state index contributed by atoms with van der Waals surface area (Å²) in [6.45, 7) is 0.382. The summed E-state index contributed by atoms with van der Waals surface area (Å²) in [4.78, 5) is 31.6. The van der Waals surface area contributed by atoms with Gasteiger partial charge in [-0.15, -0.1) is 0 Å². The maximum atomic E-state index is 12.7. The van der Waals surface area contributed by atoms with Crippen LogP contribution in [0.5, 0.6) is 5.75 Å². The highest BCUT2D eigenvalue weighted by Gasteiger charge is 2.31. The van der Waals surface area contributed by atoms with E-state index in [0.717, 1.165) is 21.5 Å². The number of thiocarbonyl (C=S) groups is 1. The zero-order chi connectivity index (χ0) is 22.7. The second-order valence-corrected chi connectivity index (χ2v) is 10.0. The van der Waals surface area contributed by atoms with Gasteiger partial charge in [0.05, 0.1) is 22.2 Å². The normalized spacial score (nSPS) is 15.1. The van der Waals surface area contributed by atoms with Crippen LogP contribution in [0.3, 0.4) is 0 Å². The van der Waals surface area contributed by atoms with Crippen molar-refractivity contribution in [2.24, 2.45) is 0 Å². The number of thiazole rings is 1. The third-order valence-corrected chi connectivity index (χ3v) is 7.22. The molecule has 10 heteroatoms. The predicted molar refractivity (Wildman–Crippen MR) is 135 cm³/mol. The van der Waals surface area contributed by atoms with Gasteiger partial charge in [0.15, 0.2) is 5.13 Å². The number of methoxy groups -OCH3 is 1. The second kappa shape index (κ2) is 9.99. The monoisotopic (exact) mass is 503 g/mol. The van der Waals surface area contributed by atoms with E-state index < -0.39 is 0 Å². The van der Waals surface area contributed by atoms with Crippen LogP contribution >= 0.6 is 46.9 Å². The molecule has 1 N–H and O–H groups in total. The summed E-state index contributed by atoms with van der Waals surface area (Å²) in [6, 6.07) is 12.8. The molecule has 0 radical (unpaired) electrons. The number of benzene rings is 2. The SMILES string of the molecule is COc1ccc(/C=C2\SC(=S)N(CCCC(=O)Nc3nc4ccc(Cl)cc4s3)C2=O)cc1. The van der Waals surface area contributed by atoms with Gasteiger partial charge in [-0.3, -0.25) is 14.5 Å². The van der Waals surface area contributed by atoms with Crippen molar-refractivity contribution >= 4 is 84.5 Å². The fraction of sp³-hybridized carbons (Fsp3) is 0.182. The van der Waals surface area contributed by atoms with Crippen molar-refractivity contribution in [3.8, 4) is 5.75 Å². The number of rotatable bonds is 7. The molecule has 1 saturated heterocycles. The zero-order valence-electron chi connectivity index (χ0n) is 17.0. The number of nitrogens with one attached hydrogen (secondary N) is 1. The van der Waals surface area contributed by atoms with Gasteiger partial charge in [0.25, 0.3) is 5.91 Å². The van der Waals surface area contributed by atoms with Crippen LogP contribution in [0.1, 0.15) is 18.4 Å². The molecule has 32 heavy (non-hydrogen) atoms. The van der Waals surface area contributed by atoms with E-state index in [0.29, 0.717) is 32.3 Å². The summed E-state index contributed by atoms with van der Waals surface area (Å²) in [5.74, 6) is 0.455. The minimum absolute atomic E-state index is 0.140. The molecule has 1 aromatic heterocycles. The van der Waals surface area contributed by atoms with Crippen LogP contribution in [0.4, 0.5) is 5.13 Å². The van der Waals surface area contributed by atoms with Crippen molar-refractivity contribution in [2.45, 2.75) is 12.8 Å². The number of hydrogen-bond donors (Lipinski definition) is 1. The number of thioether (sulfide) groups is 1. The molecular weight excluding hydrogens is 486 g/mol. The maximum Gasteiger partial charge on any atom is 0.266 e. The number of hydrogen-bond acceptors (Lipinski definition) is 7. The molecule has 6 nitrogen and oxygen atoms in total. The number of aromatic nitrogens is 1. The molecule has 3 aromatic rings. The molecule has 0 atom stereocenters. The minimum atomic E-state index is -0.158. The minimum Gasteiger partial charge on any atom is -0.497 e. The van der Waals surface area contributed by atoms with E-state index >= 15 is 0 Å². The number of fused-ring (bicyclic) bond motifs is 1. The summed E-state index contributed by atoms with van der Waals surface area (Å²) < 4.78 is 6.56. The molecule has 1 aliphatic heterocycles. The van der Waals surface area contributed by atoms with Crippen molar-refractivity contribution in [1.82, 2.24) is 9.88 Å². The average molecular weight is 504 g/mol. The number of amides is 2. The number of carbonyl (C=O) groups excluding carboxylic acids is 2. The van der Waals surface area contributed by atoms with Crippen molar-refractivity contribution in [3.63, 3.8) is 0 Å². The van der Waals surface area contributed by atoms with E-state index in [-0.39, 0.29) is 18.2 Å². The van der Waals surface area contributed by atoms with E-state index in [4.69, 9.17) is 28.6 Å². The second-order valence-electron chi connectivity index (χ2n) is 6.89. The van der Waals surface area contributed by atoms with Crippen LogP contribution in [0.15, 0.2) is 47.4 Å². The van der Waals surface area contributed by atoms with Gasteiger partial charge in [-0.1, -0.05) is 59.1 Å². The van der Waals surface area contributed by atoms with Crippen LogP contribution in [0.25, 0.3) is 16.3 Å². The molecular formula is C22H18ClN3O3S3. The van der Waals surface area contributed by atoms with Crippen LogP contribution in [-0.2, 0) is 9.59 Å². The summed E-state index contributed by atoms with van der Waals surface area (Å²) in [7, 11) is 1.61. The standard InChI is InChI=1S/C22H18ClN3O3S3/c1-29-15-7-4-13(5-8-15)11-18-20(28)26(22(30)32-18)10-2-3-19(27)25-21-24-16-9-6-14(23)12-17(16)31-21/h4-9,11-12H,2-3,10H2,1H3,(H,24,25,27)/b18-11-. The first-order valence-electron chi connectivity index (χ1n) is 9.68. The molecule has 2 heterocycles. The van der Waals surface area contributed by atoms with Gasteiger partial charge >= 0.3 is 0 Å². The number of carbonyl (C=O) groups is 2. The number of nitrogens with zero attached hydrogens (tertiary/aromatic N) is 2. The largest absolute Gasteiger partial charge is 0.497 e. The topological polar surface area (TPSA) is 71.5 Å². The molecule has 164 valence electrons. The highest BCUT2D eigenvalue weighted by Crippen LogP contribution is 2.33. The average Bonchev–Trinajstić information content (AvgIpc) is 3.28. The number of anilines is 1. The Morgan fingerprint density at radius 3 is 2.81 bits per heavy atom. The lowest BCUT2D eigenvalue weighted by Gasteiger charge is -2.13. The third kappa shape index (κ3) is 5.29. The van der Waals surface area contributed by atoms with Gasteiger partial charge in [-0.2, -0.15) is 0 Å². The van der Waals surface area contributed by atoms with Crippen LogP contribution in [0.2, 0.25) is 5.02 Å². The summed E-state index contributed by atoms with van der Waals surface area (Å²) in [5, 5.41) is 3.97. The van der Waals surface area contributed by atoms with Crippen LogP contribution in [0, 0.1) is 0 Å². The Kier molecular flexibility index (Phi) is 7.10. The molecule has 0 saturated carbocycles. The highest BCUT2D eigenvalue weighted by molar-refractivity contribution is 8.26. The van der Waals surface area contributed by atoms with Crippen molar-refractivity contribution < 1.29 is 14.3 Å². The van der Waals surface area contributed by atoms with E-state index in [1.165, 1.54) is 23.1 Å². The Bertz CT molecular complexity index is 1220. The van der Waals surface area contributed by atoms with Gasteiger partial charge in [-0.25, -0.2) is 4.98 Å². The molecule has 0 bridgehead atoms. The van der Waals surface area contributed by atoms with Gasteiger partial charge in [0.1, 0.15) is 10.1 Å². The molecule has 0 unspecified atom stereocenters. The Hall–Kier alpha value is -2.46. The lowest BCUT2D eigenvalue weighted by molar-refractivity contribution is -0.122. The van der Waals surface area contributed by atoms with Gasteiger partial charge in [-0.05, 0) is 48.4 Å². The molecule has 0 spiro atoms. The first kappa shape index (κ1) is 22.7. The molecule has 2 aromatic carbocycles. The zero-order valence-corrected chi connectivity index (χ0v) is 20.2. The van der Waals surface area contributed by atoms with Gasteiger partial charge in [0, 0.05) is 18.0 Å². The highest BCUT2D eigenvalue weighted by atomic mass is 35.5. The Morgan fingerprint density at radius 2 is 2.06 bits per heavy atom. The van der Waals surface area contributed by atoms with Gasteiger partial charge in [0.2, 0.25) is 5.91 Å². The summed E-state index contributed by atoms with van der Waals surface area (Å²) >= 11 is 14.0. The van der Waals surface area contributed by atoms with Crippen LogP contribution in [-0.4, -0.2) is 39.7 Å². The van der Waals surface area contributed by atoms with E-state index in [2.05, 4.69) is 10.3 Å². The quantitative estimate of drug-likeness (QED) is 0.335. The first-order chi connectivity index (χ1) is 15.4. The van der Waals surface area contributed by atoms with Crippen molar-refractivity contribution in [2.75, 3.05) is 19.0 Å². The number of ether oxygens (including phenoxy) is 1. The first-order valence-corrected chi connectivity index (χ1v) is 12.1. The Balaban J connectivity index is 1.30. The number of halogens is 1. The molecule has 1 aliphatic rings. The fourth-order valence-electron chi connectivity index (χ4n) is 3.08. The lowest BCUT2D eigenvalue weighted by atomic mass is 10.2. The van der Waals surface area contributed by atoms with E-state index in [9.17, 15) is 9.59 Å². The summed E-state index contributed by atoms with van der Waals surface area (Å²) in [5.41, 5.74) is 1.68. The lowest BCUT2D eigenvalue weighted by Crippen LogP contribution is -2.29.